The molecule has 0 bridgehead atoms. The molecule has 2 aromatic rings. The van der Waals surface area contributed by atoms with Crippen molar-refractivity contribution in [3.63, 3.8) is 0 Å². The van der Waals surface area contributed by atoms with Crippen molar-refractivity contribution in [1.82, 2.24) is 0 Å². The van der Waals surface area contributed by atoms with Gasteiger partial charge in [0.25, 0.3) is 0 Å². The van der Waals surface area contributed by atoms with Gasteiger partial charge in [0.1, 0.15) is 5.75 Å². The lowest BCUT2D eigenvalue weighted by Crippen LogP contribution is -2.17. The number of alkyl halides is 3. The third kappa shape index (κ3) is 3.98. The van der Waals surface area contributed by atoms with Crippen LogP contribution in [-0.2, 0) is 0 Å². The van der Waals surface area contributed by atoms with Crippen LogP contribution in [-0.4, -0.2) is 12.1 Å². The van der Waals surface area contributed by atoms with E-state index in [9.17, 15) is 18.0 Å². The first-order chi connectivity index (χ1) is 9.76. The zero-order chi connectivity index (χ0) is 15.6. The Morgan fingerprint density at radius 3 is 2.14 bits per heavy atom. The summed E-state index contributed by atoms with van der Waals surface area (Å²) in [6.07, 6.45) is -4.75. The molecule has 0 unspecified atom stereocenters. The summed E-state index contributed by atoms with van der Waals surface area (Å²) in [4.78, 5) is 12.2. The van der Waals surface area contributed by atoms with Crippen molar-refractivity contribution in [3.8, 4) is 5.75 Å². The largest absolute Gasteiger partial charge is 0.573 e. The second-order valence-corrected chi connectivity index (χ2v) is 4.77. The Morgan fingerprint density at radius 1 is 1.05 bits per heavy atom. The van der Waals surface area contributed by atoms with E-state index in [4.69, 9.17) is 11.6 Å². The maximum Gasteiger partial charge on any atom is 0.573 e. The molecular weight excluding hydrogens is 305 g/mol. The number of carbonyl (C=O) groups is 1. The second kappa shape index (κ2) is 5.77. The summed E-state index contributed by atoms with van der Waals surface area (Å²) in [7, 11) is 0. The van der Waals surface area contributed by atoms with Gasteiger partial charge in [0.15, 0.2) is 5.78 Å². The summed E-state index contributed by atoms with van der Waals surface area (Å²) >= 11 is 5.88. The highest BCUT2D eigenvalue weighted by Crippen LogP contribution is 2.24. The van der Waals surface area contributed by atoms with Crippen molar-refractivity contribution >= 4 is 17.4 Å². The molecule has 2 rings (SSSR count). The Hall–Kier alpha value is -2.01. The highest BCUT2D eigenvalue weighted by Gasteiger charge is 2.31. The molecule has 0 saturated carbocycles. The number of halogens is 4. The first-order valence-corrected chi connectivity index (χ1v) is 6.31. The standard InChI is InChI=1S/C15H10ClF3O2/c1-9-8-11(4-7-13(9)16)14(20)10-2-5-12(6-3-10)21-15(17,18)19/h2-8H,1H3. The first-order valence-electron chi connectivity index (χ1n) is 5.93. The fraction of sp³-hybridized carbons (Fsp3) is 0.133. The van der Waals surface area contributed by atoms with Crippen LogP contribution < -0.4 is 4.74 Å². The maximum atomic E-state index is 12.2. The minimum atomic E-state index is -4.75. The zero-order valence-corrected chi connectivity index (χ0v) is 11.6. The number of ketones is 1. The normalized spacial score (nSPS) is 11.3. The third-order valence-corrected chi connectivity index (χ3v) is 3.19. The highest BCUT2D eigenvalue weighted by atomic mass is 35.5. The predicted octanol–water partition coefficient (Wildman–Crippen LogP) is 4.78. The van der Waals surface area contributed by atoms with Gasteiger partial charge in [-0.3, -0.25) is 4.79 Å². The van der Waals surface area contributed by atoms with Gasteiger partial charge in [0, 0.05) is 16.1 Å². The van der Waals surface area contributed by atoms with Crippen molar-refractivity contribution in [3.05, 3.63) is 64.2 Å². The number of hydrogen-bond acceptors (Lipinski definition) is 2. The minimum absolute atomic E-state index is 0.270. The SMILES string of the molecule is Cc1cc(C(=O)c2ccc(OC(F)(F)F)cc2)ccc1Cl. The van der Waals surface area contributed by atoms with E-state index in [0.717, 1.165) is 17.7 Å². The Labute approximate surface area is 124 Å². The maximum absolute atomic E-state index is 12.2. The fourth-order valence-electron chi connectivity index (χ4n) is 1.76. The molecule has 0 atom stereocenters. The van der Waals surface area contributed by atoms with Crippen molar-refractivity contribution in [2.45, 2.75) is 13.3 Å². The molecule has 0 spiro atoms. The van der Waals surface area contributed by atoms with E-state index in [-0.39, 0.29) is 17.1 Å². The Kier molecular flexibility index (Phi) is 4.23. The number of carbonyl (C=O) groups excluding carboxylic acids is 1. The quantitative estimate of drug-likeness (QED) is 0.762. The lowest BCUT2D eigenvalue weighted by atomic mass is 10.0. The van der Waals surface area contributed by atoms with Crippen LogP contribution in [0.1, 0.15) is 21.5 Å². The Balaban J connectivity index is 2.22. The Morgan fingerprint density at radius 2 is 1.62 bits per heavy atom. The molecule has 0 aromatic heterocycles. The van der Waals surface area contributed by atoms with E-state index in [2.05, 4.69) is 4.74 Å². The molecule has 0 fully saturated rings. The van der Waals surface area contributed by atoms with Gasteiger partial charge >= 0.3 is 6.36 Å². The summed E-state index contributed by atoms with van der Waals surface area (Å²) < 4.78 is 39.9. The van der Waals surface area contributed by atoms with E-state index >= 15 is 0 Å². The highest BCUT2D eigenvalue weighted by molar-refractivity contribution is 6.31. The van der Waals surface area contributed by atoms with Crippen LogP contribution in [0.2, 0.25) is 5.02 Å². The summed E-state index contributed by atoms with van der Waals surface area (Å²) in [6, 6.07) is 9.57. The molecule has 0 saturated heterocycles. The topological polar surface area (TPSA) is 26.3 Å². The average Bonchev–Trinajstić information content (AvgIpc) is 2.40. The van der Waals surface area contributed by atoms with Crippen LogP contribution in [0.25, 0.3) is 0 Å². The summed E-state index contributed by atoms with van der Waals surface area (Å²) in [6.45, 7) is 1.76. The van der Waals surface area contributed by atoms with Crippen molar-refractivity contribution in [2.75, 3.05) is 0 Å². The molecule has 0 amide bonds. The van der Waals surface area contributed by atoms with E-state index in [0.29, 0.717) is 10.6 Å². The molecule has 0 radical (unpaired) electrons. The number of ether oxygens (including phenoxy) is 1. The van der Waals surface area contributed by atoms with Crippen LogP contribution in [0.4, 0.5) is 13.2 Å². The molecule has 0 aliphatic carbocycles. The molecule has 6 heteroatoms. The van der Waals surface area contributed by atoms with E-state index in [1.807, 2.05) is 0 Å². The van der Waals surface area contributed by atoms with Crippen LogP contribution in [0.5, 0.6) is 5.75 Å². The van der Waals surface area contributed by atoms with Crippen molar-refractivity contribution in [2.24, 2.45) is 0 Å². The van der Waals surface area contributed by atoms with Crippen LogP contribution in [0, 0.1) is 6.92 Å². The van der Waals surface area contributed by atoms with E-state index in [1.54, 1.807) is 25.1 Å². The van der Waals surface area contributed by atoms with Gasteiger partial charge in [-0.25, -0.2) is 0 Å². The monoisotopic (exact) mass is 314 g/mol. The lowest BCUT2D eigenvalue weighted by Gasteiger charge is -2.09. The van der Waals surface area contributed by atoms with Crippen LogP contribution in [0.15, 0.2) is 42.5 Å². The third-order valence-electron chi connectivity index (χ3n) is 2.77. The van der Waals surface area contributed by atoms with Crippen molar-refractivity contribution < 1.29 is 22.7 Å². The second-order valence-electron chi connectivity index (χ2n) is 4.37. The van der Waals surface area contributed by atoms with Crippen LogP contribution >= 0.6 is 11.6 Å². The summed E-state index contributed by atoms with van der Waals surface area (Å²) in [5.41, 5.74) is 1.44. The molecule has 110 valence electrons. The molecule has 0 N–H and O–H groups in total. The number of aryl methyl sites for hydroxylation is 1. The van der Waals surface area contributed by atoms with Crippen LogP contribution in [0.3, 0.4) is 0 Å². The molecule has 2 nitrogen and oxygen atoms in total. The van der Waals surface area contributed by atoms with Gasteiger partial charge in [0.05, 0.1) is 0 Å². The van der Waals surface area contributed by atoms with Gasteiger partial charge in [-0.2, -0.15) is 0 Å². The van der Waals surface area contributed by atoms with Gasteiger partial charge in [0.2, 0.25) is 0 Å². The minimum Gasteiger partial charge on any atom is -0.406 e. The summed E-state index contributed by atoms with van der Waals surface area (Å²) in [5.74, 6) is -0.667. The number of benzene rings is 2. The smallest absolute Gasteiger partial charge is 0.406 e. The van der Waals surface area contributed by atoms with E-state index < -0.39 is 6.36 Å². The van der Waals surface area contributed by atoms with E-state index in [1.165, 1.54) is 12.1 Å². The van der Waals surface area contributed by atoms with Gasteiger partial charge in [-0.05, 0) is 55.0 Å². The van der Waals surface area contributed by atoms with Gasteiger partial charge in [-0.1, -0.05) is 11.6 Å². The Bertz CT molecular complexity index is 664. The lowest BCUT2D eigenvalue weighted by molar-refractivity contribution is -0.274. The average molecular weight is 315 g/mol. The molecule has 0 aliphatic rings. The molecular formula is C15H10ClF3O2. The predicted molar refractivity (Wildman–Crippen MR) is 72.7 cm³/mol. The van der Waals surface area contributed by atoms with Gasteiger partial charge in [-0.15, -0.1) is 13.2 Å². The zero-order valence-electron chi connectivity index (χ0n) is 10.9. The first kappa shape index (κ1) is 15.4. The molecule has 0 heterocycles. The van der Waals surface area contributed by atoms with Crippen molar-refractivity contribution in [1.29, 1.82) is 0 Å². The molecule has 21 heavy (non-hydrogen) atoms. The number of hydrogen-bond donors (Lipinski definition) is 0. The van der Waals surface area contributed by atoms with Gasteiger partial charge < -0.3 is 4.74 Å². The molecule has 2 aromatic carbocycles. The molecule has 0 aliphatic heterocycles. The number of rotatable bonds is 3. The fourth-order valence-corrected chi connectivity index (χ4v) is 1.88. The summed E-state index contributed by atoms with van der Waals surface area (Å²) in [5, 5.41) is 0.542.